The SMILES string of the molecule is N=C=NCI. The third-order valence-electron chi connectivity index (χ3n) is 0.139. The van der Waals surface area contributed by atoms with Gasteiger partial charge in [-0.15, -0.1) is 0 Å². The maximum absolute atomic E-state index is 6.18. The average molecular weight is 182 g/mol. The second-order valence-electron chi connectivity index (χ2n) is 0.389. The van der Waals surface area contributed by atoms with E-state index in [0.717, 1.165) is 0 Å². The Bertz CT molecular complexity index is 54.7. The molecule has 0 aromatic heterocycles. The lowest BCUT2D eigenvalue weighted by molar-refractivity contribution is 1.41. The van der Waals surface area contributed by atoms with Crippen molar-refractivity contribution < 1.29 is 0 Å². The number of hydrogen-bond donors (Lipinski definition) is 1. The van der Waals surface area contributed by atoms with Gasteiger partial charge in [0.25, 0.3) is 0 Å². The quantitative estimate of drug-likeness (QED) is 0.273. The standard InChI is InChI=1S/C2H3IN2/c3-1-5-2-4/h4H,1H2. The Kier molecular flexibility index (Phi) is 4.20. The zero-order chi connectivity index (χ0) is 4.12. The van der Waals surface area contributed by atoms with Gasteiger partial charge in [0.2, 0.25) is 0 Å². The topological polar surface area (TPSA) is 36.2 Å². The molecule has 5 heavy (non-hydrogen) atoms. The first-order chi connectivity index (χ1) is 2.41. The average Bonchev–Trinajstić information content (AvgIpc) is 1.41. The van der Waals surface area contributed by atoms with Crippen molar-refractivity contribution in [3.05, 3.63) is 0 Å². The van der Waals surface area contributed by atoms with Gasteiger partial charge in [-0.3, -0.25) is 0 Å². The smallest absolute Gasteiger partial charge is 0.101 e. The second kappa shape index (κ2) is 4.11. The highest BCUT2D eigenvalue weighted by atomic mass is 127. The van der Waals surface area contributed by atoms with Gasteiger partial charge < -0.3 is 0 Å². The van der Waals surface area contributed by atoms with Crippen molar-refractivity contribution in [2.75, 3.05) is 4.55 Å². The molecule has 0 fully saturated rings. The number of nitrogens with zero attached hydrogens (tertiary/aromatic N) is 1. The van der Waals surface area contributed by atoms with E-state index in [1.54, 1.807) is 0 Å². The molecular formula is C2H3IN2. The molecule has 0 unspecified atom stereocenters. The summed E-state index contributed by atoms with van der Waals surface area (Å²) in [6, 6.07) is 1.88. The van der Waals surface area contributed by atoms with Crippen molar-refractivity contribution in [3.8, 4) is 0 Å². The molecule has 0 aromatic carbocycles. The van der Waals surface area contributed by atoms with Gasteiger partial charge in [0.05, 0.1) is 6.01 Å². The van der Waals surface area contributed by atoms with E-state index in [4.69, 9.17) is 5.41 Å². The molecule has 0 rings (SSSR count). The molecule has 0 heterocycles. The van der Waals surface area contributed by atoms with E-state index in [0.29, 0.717) is 4.55 Å². The van der Waals surface area contributed by atoms with Crippen molar-refractivity contribution in [2.24, 2.45) is 4.99 Å². The number of aliphatic imine (C=N–C) groups is 1. The summed E-state index contributed by atoms with van der Waals surface area (Å²) < 4.78 is 0.640. The molecule has 0 aliphatic carbocycles. The summed E-state index contributed by atoms with van der Waals surface area (Å²) in [4.78, 5) is 3.38. The molecule has 0 bridgehead atoms. The molecule has 0 aliphatic heterocycles. The summed E-state index contributed by atoms with van der Waals surface area (Å²) >= 11 is 2.04. The van der Waals surface area contributed by atoms with Gasteiger partial charge in [0, 0.05) is 0 Å². The minimum absolute atomic E-state index is 0.640. The molecule has 28 valence electrons. The van der Waals surface area contributed by atoms with Crippen LogP contribution in [-0.4, -0.2) is 10.6 Å². The molecular weight excluding hydrogens is 179 g/mol. The Labute approximate surface area is 43.9 Å². The maximum Gasteiger partial charge on any atom is 0.101 e. The first-order valence-corrected chi connectivity index (χ1v) is 2.58. The highest BCUT2D eigenvalue weighted by Crippen LogP contribution is 1.75. The van der Waals surface area contributed by atoms with Crippen LogP contribution in [0.25, 0.3) is 0 Å². The van der Waals surface area contributed by atoms with Gasteiger partial charge in [-0.2, -0.15) is 0 Å². The summed E-state index contributed by atoms with van der Waals surface area (Å²) in [6.45, 7) is 0. The number of nitrogens with one attached hydrogen (secondary N) is 1. The van der Waals surface area contributed by atoms with E-state index in [1.165, 1.54) is 0 Å². The van der Waals surface area contributed by atoms with Crippen LogP contribution in [0.5, 0.6) is 0 Å². The molecule has 0 saturated carbocycles. The van der Waals surface area contributed by atoms with Crippen LogP contribution in [0.2, 0.25) is 0 Å². The Balaban J connectivity index is 2.93. The highest BCUT2D eigenvalue weighted by Gasteiger charge is 1.51. The lowest BCUT2D eigenvalue weighted by atomic mass is 11.4. The summed E-state index contributed by atoms with van der Waals surface area (Å²) in [5.74, 6) is 0. The van der Waals surface area contributed by atoms with Gasteiger partial charge in [-0.05, 0) is 0 Å². The molecule has 0 spiro atoms. The van der Waals surface area contributed by atoms with E-state index in [9.17, 15) is 0 Å². The predicted octanol–water partition coefficient (Wildman–Crippen LogP) is 1.13. The molecule has 0 aromatic rings. The first kappa shape index (κ1) is 5.11. The van der Waals surface area contributed by atoms with Gasteiger partial charge in [-0.1, -0.05) is 22.6 Å². The zero-order valence-electron chi connectivity index (χ0n) is 2.53. The monoisotopic (exact) mass is 182 g/mol. The number of halogens is 1. The fourth-order valence-corrected chi connectivity index (χ4v) is 0.200. The zero-order valence-corrected chi connectivity index (χ0v) is 4.69. The number of rotatable bonds is 1. The van der Waals surface area contributed by atoms with E-state index in [1.807, 2.05) is 28.6 Å². The fraction of sp³-hybridized carbons (Fsp3) is 0.500. The normalized spacial score (nSPS) is 5.80. The van der Waals surface area contributed by atoms with Crippen LogP contribution in [0.15, 0.2) is 4.99 Å². The van der Waals surface area contributed by atoms with E-state index in [-0.39, 0.29) is 0 Å². The van der Waals surface area contributed by atoms with Crippen LogP contribution in [0.1, 0.15) is 0 Å². The van der Waals surface area contributed by atoms with Crippen molar-refractivity contribution in [1.82, 2.24) is 0 Å². The summed E-state index contributed by atoms with van der Waals surface area (Å²) in [5, 5.41) is 6.18. The van der Waals surface area contributed by atoms with E-state index >= 15 is 0 Å². The van der Waals surface area contributed by atoms with Crippen LogP contribution < -0.4 is 0 Å². The van der Waals surface area contributed by atoms with Gasteiger partial charge in [-0.25, -0.2) is 10.4 Å². The Morgan fingerprint density at radius 3 is 2.60 bits per heavy atom. The maximum atomic E-state index is 6.18. The predicted molar refractivity (Wildman–Crippen MR) is 29.0 cm³/mol. The molecule has 1 N–H and O–H groups in total. The largest absolute Gasteiger partial charge is 0.242 e. The van der Waals surface area contributed by atoms with Gasteiger partial charge in [0.15, 0.2) is 0 Å². The molecule has 0 aliphatic rings. The third kappa shape index (κ3) is 4.11. The van der Waals surface area contributed by atoms with Gasteiger partial charge >= 0.3 is 0 Å². The summed E-state index contributed by atoms with van der Waals surface area (Å²) in [7, 11) is 0. The molecule has 3 heteroatoms. The molecule has 0 atom stereocenters. The first-order valence-electron chi connectivity index (χ1n) is 1.06. The molecule has 2 nitrogen and oxygen atoms in total. The lowest BCUT2D eigenvalue weighted by Crippen LogP contribution is -1.50. The summed E-state index contributed by atoms with van der Waals surface area (Å²) in [5.41, 5.74) is 0. The van der Waals surface area contributed by atoms with Crippen LogP contribution in [-0.2, 0) is 0 Å². The second-order valence-corrected chi connectivity index (χ2v) is 1.07. The van der Waals surface area contributed by atoms with E-state index < -0.39 is 0 Å². The van der Waals surface area contributed by atoms with E-state index in [2.05, 4.69) is 4.99 Å². The van der Waals surface area contributed by atoms with Crippen LogP contribution in [0.4, 0.5) is 0 Å². The summed E-state index contributed by atoms with van der Waals surface area (Å²) in [6.07, 6.45) is 0. The van der Waals surface area contributed by atoms with Crippen LogP contribution in [0, 0.1) is 5.41 Å². The Morgan fingerprint density at radius 2 is 2.60 bits per heavy atom. The molecule has 0 amide bonds. The minimum atomic E-state index is 0.640. The number of alkyl halides is 1. The van der Waals surface area contributed by atoms with Crippen molar-refractivity contribution in [1.29, 1.82) is 5.41 Å². The third-order valence-corrected chi connectivity index (χ3v) is 0.480. The Morgan fingerprint density at radius 1 is 2.00 bits per heavy atom. The van der Waals surface area contributed by atoms with Crippen molar-refractivity contribution in [3.63, 3.8) is 0 Å². The number of hydrogen-bond acceptors (Lipinski definition) is 2. The molecule has 0 saturated heterocycles. The van der Waals surface area contributed by atoms with Crippen molar-refractivity contribution >= 4 is 28.6 Å². The molecule has 0 radical (unpaired) electrons. The lowest BCUT2D eigenvalue weighted by Gasteiger charge is -1.58. The minimum Gasteiger partial charge on any atom is -0.242 e. The highest BCUT2D eigenvalue weighted by molar-refractivity contribution is 14.1. The van der Waals surface area contributed by atoms with Crippen LogP contribution in [0.3, 0.4) is 0 Å². The van der Waals surface area contributed by atoms with Gasteiger partial charge in [0.1, 0.15) is 4.55 Å². The fourth-order valence-electron chi connectivity index (χ4n) is 0.0299. The van der Waals surface area contributed by atoms with Crippen molar-refractivity contribution in [2.45, 2.75) is 0 Å². The van der Waals surface area contributed by atoms with Crippen LogP contribution >= 0.6 is 22.6 Å². The Hall–Kier alpha value is 0.110.